The molecule has 0 saturated heterocycles. The van der Waals surface area contributed by atoms with Crippen LogP contribution >= 0.6 is 27.5 Å². The van der Waals surface area contributed by atoms with E-state index >= 15 is 0 Å². The Labute approximate surface area is 159 Å². The maximum absolute atomic E-state index is 12.5. The third-order valence-electron chi connectivity index (χ3n) is 3.58. The van der Waals surface area contributed by atoms with Gasteiger partial charge >= 0.3 is 12.1 Å². The summed E-state index contributed by atoms with van der Waals surface area (Å²) in [5.41, 5.74) is 1.21. The number of likely N-dealkylation sites (N-methyl/N-ethyl adjacent to an activating group) is 1. The van der Waals surface area contributed by atoms with E-state index in [1.54, 1.807) is 19.1 Å². The fourth-order valence-electron chi connectivity index (χ4n) is 2.38. The van der Waals surface area contributed by atoms with Gasteiger partial charge in [-0.15, -0.1) is 0 Å². The van der Waals surface area contributed by atoms with Crippen molar-refractivity contribution in [1.29, 1.82) is 0 Å². The van der Waals surface area contributed by atoms with Gasteiger partial charge in [0.05, 0.1) is 0 Å². The summed E-state index contributed by atoms with van der Waals surface area (Å²) in [6.07, 6.45) is -0.703. The number of carbonyl (C=O) groups is 2. The van der Waals surface area contributed by atoms with Crippen molar-refractivity contribution in [2.45, 2.75) is 19.6 Å². The van der Waals surface area contributed by atoms with Crippen molar-refractivity contribution in [2.75, 3.05) is 6.54 Å². The second kappa shape index (κ2) is 8.87. The van der Waals surface area contributed by atoms with E-state index < -0.39 is 18.1 Å². The first-order chi connectivity index (χ1) is 11.9. The van der Waals surface area contributed by atoms with Crippen molar-refractivity contribution in [1.82, 2.24) is 4.90 Å². The minimum absolute atomic E-state index is 0.0687. The van der Waals surface area contributed by atoms with Gasteiger partial charge < -0.3 is 9.84 Å². The third kappa shape index (κ3) is 4.96. The second-order valence-corrected chi connectivity index (χ2v) is 6.52. The highest BCUT2D eigenvalue weighted by Crippen LogP contribution is 2.31. The van der Waals surface area contributed by atoms with E-state index in [9.17, 15) is 14.7 Å². The average molecular weight is 427 g/mol. The summed E-state index contributed by atoms with van der Waals surface area (Å²) >= 11 is 9.31. The van der Waals surface area contributed by atoms with Crippen molar-refractivity contribution in [2.24, 2.45) is 0 Å². The lowest BCUT2D eigenvalue weighted by molar-refractivity contribution is -0.143. The third-order valence-corrected chi connectivity index (χ3v) is 4.54. The smallest absolute Gasteiger partial charge is 0.411 e. The molecule has 0 aliphatic heterocycles. The molecule has 25 heavy (non-hydrogen) atoms. The van der Waals surface area contributed by atoms with Gasteiger partial charge in [0.2, 0.25) is 0 Å². The summed E-state index contributed by atoms with van der Waals surface area (Å²) in [4.78, 5) is 25.4. The topological polar surface area (TPSA) is 66.8 Å². The number of aliphatic carboxylic acids is 1. The molecule has 0 radical (unpaired) electrons. The van der Waals surface area contributed by atoms with Crippen LogP contribution < -0.4 is 0 Å². The molecule has 0 bridgehead atoms. The van der Waals surface area contributed by atoms with Crippen LogP contribution in [0, 0.1) is 0 Å². The summed E-state index contributed by atoms with van der Waals surface area (Å²) in [5, 5.41) is 10.1. The minimum atomic E-state index is -1.21. The van der Waals surface area contributed by atoms with Crippen molar-refractivity contribution >= 4 is 39.6 Å². The Morgan fingerprint density at radius 1 is 1.24 bits per heavy atom. The molecule has 0 aliphatic rings. The van der Waals surface area contributed by atoms with Crippen LogP contribution in [-0.4, -0.2) is 28.6 Å². The zero-order chi connectivity index (χ0) is 18.4. The van der Waals surface area contributed by atoms with Crippen molar-refractivity contribution < 1.29 is 19.4 Å². The first-order valence-corrected chi connectivity index (χ1v) is 8.76. The molecule has 0 fully saturated rings. The van der Waals surface area contributed by atoms with Crippen LogP contribution in [0.15, 0.2) is 53.0 Å². The Bertz CT molecular complexity index is 754. The molecule has 1 unspecified atom stereocenters. The Morgan fingerprint density at radius 2 is 1.92 bits per heavy atom. The lowest BCUT2D eigenvalue weighted by atomic mass is 10.1. The number of hydrogen-bond acceptors (Lipinski definition) is 3. The van der Waals surface area contributed by atoms with Gasteiger partial charge in [-0.2, -0.15) is 0 Å². The van der Waals surface area contributed by atoms with Crippen LogP contribution in [-0.2, 0) is 16.1 Å². The number of ether oxygens (including phenoxy) is 1. The number of benzene rings is 2. The number of carboxylic acid groups (broad SMARTS) is 1. The molecule has 1 N–H and O–H groups in total. The Morgan fingerprint density at radius 3 is 2.52 bits per heavy atom. The van der Waals surface area contributed by atoms with Gasteiger partial charge in [0, 0.05) is 21.6 Å². The van der Waals surface area contributed by atoms with E-state index in [1.807, 2.05) is 30.3 Å². The fraction of sp³-hybridized carbons (Fsp3) is 0.222. The lowest BCUT2D eigenvalue weighted by Crippen LogP contribution is -2.39. The van der Waals surface area contributed by atoms with Crippen LogP contribution in [0.25, 0.3) is 0 Å². The zero-order valence-corrected chi connectivity index (χ0v) is 15.8. The zero-order valence-electron chi connectivity index (χ0n) is 13.5. The van der Waals surface area contributed by atoms with E-state index in [2.05, 4.69) is 15.9 Å². The maximum atomic E-state index is 12.5. The summed E-state index contributed by atoms with van der Waals surface area (Å²) in [6, 6.07) is 12.8. The normalized spacial score (nSPS) is 11.6. The minimum Gasteiger partial charge on any atom is -0.479 e. The van der Waals surface area contributed by atoms with Crippen LogP contribution in [0.5, 0.6) is 0 Å². The molecular weight excluding hydrogens is 410 g/mol. The van der Waals surface area contributed by atoms with E-state index in [0.29, 0.717) is 15.1 Å². The monoisotopic (exact) mass is 425 g/mol. The standard InChI is InChI=1S/C18H17BrClNO4/c1-2-21(18(24)25-11-12-6-4-3-5-7-12)16(17(22)23)14-10-13(20)8-9-15(14)19/h3-10,16H,2,11H2,1H3,(H,22,23). The molecule has 1 atom stereocenters. The molecule has 2 rings (SSSR count). The average Bonchev–Trinajstić information content (AvgIpc) is 2.60. The van der Waals surface area contributed by atoms with Gasteiger partial charge in [0.15, 0.2) is 6.04 Å². The van der Waals surface area contributed by atoms with Crippen LogP contribution in [0.4, 0.5) is 4.79 Å². The summed E-state index contributed by atoms with van der Waals surface area (Å²) < 4.78 is 5.83. The number of amides is 1. The molecule has 132 valence electrons. The number of rotatable bonds is 6. The fourth-order valence-corrected chi connectivity index (χ4v) is 3.02. The highest BCUT2D eigenvalue weighted by atomic mass is 79.9. The van der Waals surface area contributed by atoms with Crippen LogP contribution in [0.2, 0.25) is 5.02 Å². The van der Waals surface area contributed by atoms with Crippen LogP contribution in [0.1, 0.15) is 24.1 Å². The predicted octanol–water partition coefficient (Wildman–Crippen LogP) is 4.89. The molecule has 1 amide bonds. The Balaban J connectivity index is 2.23. The number of hydrogen-bond donors (Lipinski definition) is 1. The van der Waals surface area contributed by atoms with Crippen molar-refractivity contribution in [3.63, 3.8) is 0 Å². The summed E-state index contributed by atoms with van der Waals surface area (Å²) in [5.74, 6) is -1.17. The Hall–Kier alpha value is -2.05. The second-order valence-electron chi connectivity index (χ2n) is 5.23. The molecule has 0 heterocycles. The lowest BCUT2D eigenvalue weighted by Gasteiger charge is -2.28. The van der Waals surface area contributed by atoms with Gasteiger partial charge in [0.1, 0.15) is 6.61 Å². The predicted molar refractivity (Wildman–Crippen MR) is 98.5 cm³/mol. The summed E-state index contributed by atoms with van der Waals surface area (Å²) in [7, 11) is 0. The van der Waals surface area contributed by atoms with E-state index in [-0.39, 0.29) is 13.2 Å². The van der Waals surface area contributed by atoms with Gasteiger partial charge in [0.25, 0.3) is 0 Å². The first kappa shape index (κ1) is 19.3. The molecule has 0 aromatic heterocycles. The molecule has 0 saturated carbocycles. The number of halogens is 2. The Kier molecular flexibility index (Phi) is 6.84. The van der Waals surface area contributed by atoms with Gasteiger partial charge in [-0.25, -0.2) is 9.59 Å². The largest absolute Gasteiger partial charge is 0.479 e. The molecule has 0 spiro atoms. The highest BCUT2D eigenvalue weighted by Gasteiger charge is 2.32. The molecule has 2 aromatic carbocycles. The van der Waals surface area contributed by atoms with E-state index in [1.165, 1.54) is 6.07 Å². The highest BCUT2D eigenvalue weighted by molar-refractivity contribution is 9.10. The van der Waals surface area contributed by atoms with Crippen molar-refractivity contribution in [3.05, 3.63) is 69.2 Å². The maximum Gasteiger partial charge on any atom is 0.411 e. The molecule has 5 nitrogen and oxygen atoms in total. The van der Waals surface area contributed by atoms with Crippen LogP contribution in [0.3, 0.4) is 0 Å². The van der Waals surface area contributed by atoms with Gasteiger partial charge in [-0.3, -0.25) is 4.90 Å². The first-order valence-electron chi connectivity index (χ1n) is 7.59. The molecular formula is C18H17BrClNO4. The number of carbonyl (C=O) groups excluding carboxylic acids is 1. The number of carboxylic acids is 1. The summed E-state index contributed by atoms with van der Waals surface area (Å²) in [6.45, 7) is 1.93. The van der Waals surface area contributed by atoms with E-state index in [4.69, 9.17) is 16.3 Å². The van der Waals surface area contributed by atoms with Crippen molar-refractivity contribution in [3.8, 4) is 0 Å². The van der Waals surface area contributed by atoms with Gasteiger partial charge in [-0.1, -0.05) is 57.9 Å². The van der Waals surface area contributed by atoms with E-state index in [0.717, 1.165) is 10.5 Å². The number of nitrogens with zero attached hydrogens (tertiary/aromatic N) is 1. The molecule has 7 heteroatoms. The SMILES string of the molecule is CCN(C(=O)OCc1ccccc1)C(C(=O)O)c1cc(Cl)ccc1Br. The molecule has 0 aliphatic carbocycles. The molecule has 2 aromatic rings. The van der Waals surface area contributed by atoms with Gasteiger partial charge in [-0.05, 0) is 30.7 Å². The quantitative estimate of drug-likeness (QED) is 0.714.